The summed E-state index contributed by atoms with van der Waals surface area (Å²) in [5, 5.41) is 2.47. The number of hydrogen-bond acceptors (Lipinski definition) is 6. The van der Waals surface area contributed by atoms with Crippen LogP contribution in [0.15, 0.2) is 17.6 Å². The normalized spacial score (nSPS) is 10.7. The van der Waals surface area contributed by atoms with Crippen molar-refractivity contribution in [3.63, 3.8) is 0 Å². The van der Waals surface area contributed by atoms with Gasteiger partial charge in [-0.05, 0) is 12.5 Å². The van der Waals surface area contributed by atoms with Crippen LogP contribution in [0, 0.1) is 5.51 Å². The maximum Gasteiger partial charge on any atom is 0.339 e. The first-order valence-corrected chi connectivity index (χ1v) is 10.2. The molecule has 141 valence electrons. The van der Waals surface area contributed by atoms with Gasteiger partial charge in [-0.2, -0.15) is 0 Å². The smallest absolute Gasteiger partial charge is 0.339 e. The van der Waals surface area contributed by atoms with E-state index in [-0.39, 0.29) is 0 Å². The number of esters is 1. The van der Waals surface area contributed by atoms with Crippen LogP contribution < -0.4 is 4.90 Å². The first-order chi connectivity index (χ1) is 12.7. The lowest BCUT2D eigenvalue weighted by Gasteiger charge is -2.24. The van der Waals surface area contributed by atoms with Crippen LogP contribution in [0.1, 0.15) is 55.1 Å². The third-order valence-electron chi connectivity index (χ3n) is 4.15. The second-order valence-electron chi connectivity index (χ2n) is 6.10. The highest BCUT2D eigenvalue weighted by Gasteiger charge is 2.16. The number of nitrogens with zero attached hydrogens (tertiary/aromatic N) is 3. The first kappa shape index (κ1) is 20.6. The quantitative estimate of drug-likeness (QED) is 0.404. The van der Waals surface area contributed by atoms with Gasteiger partial charge in [0.25, 0.3) is 0 Å². The van der Waals surface area contributed by atoms with Gasteiger partial charge in [0.15, 0.2) is 5.51 Å². The van der Waals surface area contributed by atoms with Crippen LogP contribution in [-0.2, 0) is 11.2 Å². The minimum absolute atomic E-state index is 0.359. The number of halogens is 1. The third-order valence-corrected chi connectivity index (χ3v) is 5.01. The molecule has 0 aliphatic rings. The van der Waals surface area contributed by atoms with Crippen LogP contribution in [0.5, 0.6) is 0 Å². The van der Waals surface area contributed by atoms with Gasteiger partial charge < -0.3 is 9.64 Å². The molecule has 26 heavy (non-hydrogen) atoms. The number of carbonyl (C=O) groups excluding carboxylic acids is 1. The van der Waals surface area contributed by atoms with Crippen molar-refractivity contribution < 1.29 is 9.53 Å². The predicted octanol–water partition coefficient (Wildman–Crippen LogP) is 4.80. The molecular formula is C19H25ClN3O2S. The van der Waals surface area contributed by atoms with Gasteiger partial charge in [-0.15, -0.1) is 11.3 Å². The van der Waals surface area contributed by atoms with Crippen LogP contribution in [-0.4, -0.2) is 36.1 Å². The van der Waals surface area contributed by atoms with Gasteiger partial charge in [-0.1, -0.05) is 44.2 Å². The van der Waals surface area contributed by atoms with Crippen molar-refractivity contribution in [2.75, 3.05) is 25.1 Å². The Hall–Kier alpha value is -1.66. The van der Waals surface area contributed by atoms with Gasteiger partial charge >= 0.3 is 5.97 Å². The molecule has 0 saturated heterocycles. The van der Waals surface area contributed by atoms with E-state index in [1.54, 1.807) is 6.07 Å². The Morgan fingerprint density at radius 2 is 2.12 bits per heavy atom. The number of carbonyl (C=O) groups is 1. The van der Waals surface area contributed by atoms with Gasteiger partial charge in [0.1, 0.15) is 5.82 Å². The van der Waals surface area contributed by atoms with E-state index in [0.29, 0.717) is 16.4 Å². The van der Waals surface area contributed by atoms with Gasteiger partial charge in [-0.25, -0.2) is 14.8 Å². The number of ether oxygens (including phenoxy) is 1. The van der Waals surface area contributed by atoms with E-state index in [1.807, 2.05) is 5.38 Å². The van der Waals surface area contributed by atoms with Gasteiger partial charge in [-0.3, -0.25) is 0 Å². The van der Waals surface area contributed by atoms with Crippen LogP contribution in [0.3, 0.4) is 0 Å². The third kappa shape index (κ3) is 6.25. The number of rotatable bonds is 11. The summed E-state index contributed by atoms with van der Waals surface area (Å²) >= 11 is 7.89. The SMILES string of the molecule is CCCCCCCN(CCc1cs[c]n1)c1ncc(C(=O)OC)cc1Cl. The van der Waals surface area contributed by atoms with Gasteiger partial charge in [0.2, 0.25) is 0 Å². The van der Waals surface area contributed by atoms with Crippen molar-refractivity contribution in [2.45, 2.75) is 45.4 Å². The number of unbranched alkanes of at least 4 members (excludes halogenated alkanes) is 4. The molecule has 0 amide bonds. The number of hydrogen-bond donors (Lipinski definition) is 0. The molecule has 0 bridgehead atoms. The first-order valence-electron chi connectivity index (χ1n) is 8.95. The lowest BCUT2D eigenvalue weighted by molar-refractivity contribution is 0.0600. The molecule has 7 heteroatoms. The van der Waals surface area contributed by atoms with E-state index in [9.17, 15) is 4.79 Å². The molecule has 5 nitrogen and oxygen atoms in total. The Morgan fingerprint density at radius 3 is 2.77 bits per heavy atom. The minimum Gasteiger partial charge on any atom is -0.465 e. The van der Waals surface area contributed by atoms with Crippen molar-refractivity contribution in [2.24, 2.45) is 0 Å². The largest absolute Gasteiger partial charge is 0.465 e. The van der Waals surface area contributed by atoms with Crippen LogP contribution in [0.25, 0.3) is 0 Å². The molecule has 2 heterocycles. The summed E-state index contributed by atoms with van der Waals surface area (Å²) < 4.78 is 4.73. The molecule has 0 N–H and O–H groups in total. The summed E-state index contributed by atoms with van der Waals surface area (Å²) in [7, 11) is 1.34. The zero-order valence-corrected chi connectivity index (χ0v) is 16.9. The molecule has 0 atom stereocenters. The highest BCUT2D eigenvalue weighted by Crippen LogP contribution is 2.25. The number of thiazole rings is 1. The zero-order valence-electron chi connectivity index (χ0n) is 15.3. The summed E-state index contributed by atoms with van der Waals surface area (Å²) in [4.78, 5) is 22.5. The Kier molecular flexibility index (Phi) is 8.85. The Labute approximate surface area is 164 Å². The predicted molar refractivity (Wildman–Crippen MR) is 106 cm³/mol. The molecule has 0 unspecified atom stereocenters. The van der Waals surface area contributed by atoms with Crippen LogP contribution in [0.4, 0.5) is 5.82 Å². The van der Waals surface area contributed by atoms with E-state index in [1.165, 1.54) is 50.3 Å². The Balaban J connectivity index is 2.06. The molecule has 0 fully saturated rings. The highest BCUT2D eigenvalue weighted by molar-refractivity contribution is 7.07. The van der Waals surface area contributed by atoms with E-state index in [4.69, 9.17) is 16.3 Å². The maximum atomic E-state index is 11.7. The van der Waals surface area contributed by atoms with E-state index >= 15 is 0 Å². The molecule has 2 aromatic heterocycles. The Bertz CT molecular complexity index is 679. The van der Waals surface area contributed by atoms with Crippen molar-refractivity contribution >= 4 is 34.7 Å². The molecule has 1 radical (unpaired) electrons. The lowest BCUT2D eigenvalue weighted by atomic mass is 10.1. The number of pyridine rings is 1. The summed E-state index contributed by atoms with van der Waals surface area (Å²) in [6.45, 7) is 3.86. The van der Waals surface area contributed by atoms with Crippen LogP contribution >= 0.6 is 22.9 Å². The fraction of sp³-hybridized carbons (Fsp3) is 0.526. The van der Waals surface area contributed by atoms with E-state index in [0.717, 1.165) is 31.6 Å². The monoisotopic (exact) mass is 394 g/mol. The molecule has 0 saturated carbocycles. The topological polar surface area (TPSA) is 55.3 Å². The van der Waals surface area contributed by atoms with Crippen molar-refractivity contribution in [1.82, 2.24) is 9.97 Å². The summed E-state index contributed by atoms with van der Waals surface area (Å²) in [6.07, 6.45) is 8.34. The molecule has 2 rings (SSSR count). The average molecular weight is 395 g/mol. The molecule has 0 aliphatic carbocycles. The molecule has 0 aliphatic heterocycles. The molecule has 2 aromatic rings. The molecule has 0 aromatic carbocycles. The van der Waals surface area contributed by atoms with Gasteiger partial charge in [0.05, 0.1) is 23.4 Å². The van der Waals surface area contributed by atoms with Crippen molar-refractivity contribution in [1.29, 1.82) is 0 Å². The highest BCUT2D eigenvalue weighted by atomic mass is 35.5. The number of methoxy groups -OCH3 is 1. The van der Waals surface area contributed by atoms with Crippen LogP contribution in [0.2, 0.25) is 5.02 Å². The minimum atomic E-state index is -0.435. The maximum absolute atomic E-state index is 11.7. The molecular weight excluding hydrogens is 370 g/mol. The average Bonchev–Trinajstić information content (AvgIpc) is 3.17. The molecule has 0 spiro atoms. The van der Waals surface area contributed by atoms with E-state index < -0.39 is 5.97 Å². The second kappa shape index (κ2) is 11.1. The summed E-state index contributed by atoms with van der Waals surface area (Å²) in [5.74, 6) is 0.268. The van der Waals surface area contributed by atoms with Crippen molar-refractivity contribution in [3.05, 3.63) is 39.4 Å². The fourth-order valence-corrected chi connectivity index (χ4v) is 3.51. The number of aromatic nitrogens is 2. The van der Waals surface area contributed by atoms with Gasteiger partial charge in [0, 0.05) is 31.1 Å². The van der Waals surface area contributed by atoms with Crippen molar-refractivity contribution in [3.8, 4) is 0 Å². The summed E-state index contributed by atoms with van der Waals surface area (Å²) in [5.41, 5.74) is 4.26. The summed E-state index contributed by atoms with van der Waals surface area (Å²) in [6, 6.07) is 1.62. The zero-order chi connectivity index (χ0) is 18.8. The Morgan fingerprint density at radius 1 is 1.31 bits per heavy atom. The second-order valence-corrected chi connectivity index (χ2v) is 7.16. The van der Waals surface area contributed by atoms with E-state index in [2.05, 4.69) is 27.3 Å². The standard InChI is InChI=1S/C19H25ClN3O2S/c1-3-4-5-6-7-9-23(10-8-16-13-26-14-22-16)18-17(20)11-15(12-21-18)19(24)25-2/h11-13H,3-10H2,1-2H3. The number of anilines is 1. The lowest BCUT2D eigenvalue weighted by Crippen LogP contribution is -2.28. The fourth-order valence-electron chi connectivity index (χ4n) is 2.69.